The fraction of sp³-hybridized carbons (Fsp3) is 0.222. The molecule has 0 aromatic carbocycles. The molecule has 0 radical (unpaired) electrons. The van der Waals surface area contributed by atoms with E-state index < -0.39 is 0 Å². The minimum Gasteiger partial charge on any atom is -0.382 e. The normalized spacial score (nSPS) is 10.5. The lowest BCUT2D eigenvalue weighted by atomic mass is 10.3. The van der Waals surface area contributed by atoms with E-state index in [2.05, 4.69) is 22.5 Å². The first-order valence-corrected chi connectivity index (χ1v) is 5.02. The number of aromatic nitrogens is 2. The van der Waals surface area contributed by atoms with Crippen molar-refractivity contribution in [2.24, 2.45) is 0 Å². The van der Waals surface area contributed by atoms with Crippen molar-refractivity contribution in [1.82, 2.24) is 9.55 Å². The summed E-state index contributed by atoms with van der Waals surface area (Å²) in [4.78, 5) is 5.36. The van der Waals surface area contributed by atoms with Gasteiger partial charge in [-0.05, 0) is 17.9 Å². The second-order valence-electron chi connectivity index (χ2n) is 2.87. The summed E-state index contributed by atoms with van der Waals surface area (Å²) >= 11 is 1.78. The summed E-state index contributed by atoms with van der Waals surface area (Å²) in [5, 5.41) is 2.09. The zero-order valence-electron chi connectivity index (χ0n) is 7.18. The Kier molecular flexibility index (Phi) is 2.31. The molecule has 2 aromatic heterocycles. The van der Waals surface area contributed by atoms with E-state index in [9.17, 15) is 0 Å². The van der Waals surface area contributed by atoms with Crippen LogP contribution in [-0.4, -0.2) is 9.55 Å². The third kappa shape index (κ3) is 2.09. The Morgan fingerprint density at radius 2 is 2.46 bits per heavy atom. The average Bonchev–Trinajstić information content (AvgIpc) is 2.71. The number of nitrogens with two attached hydrogens (primary N) is 1. The lowest BCUT2D eigenvalue weighted by molar-refractivity contribution is 0.702. The smallest absolute Gasteiger partial charge is 0.141 e. The number of hydrogen-bond acceptors (Lipinski definition) is 3. The SMILES string of the molecule is Nc1cn(CCc2cccs2)cn1. The molecule has 4 heteroatoms. The van der Waals surface area contributed by atoms with Crippen molar-refractivity contribution in [3.05, 3.63) is 34.9 Å². The maximum atomic E-state index is 5.50. The van der Waals surface area contributed by atoms with Crippen LogP contribution < -0.4 is 5.73 Å². The molecule has 0 spiro atoms. The number of hydrogen-bond donors (Lipinski definition) is 1. The van der Waals surface area contributed by atoms with Crippen LogP contribution in [0.15, 0.2) is 30.0 Å². The van der Waals surface area contributed by atoms with Gasteiger partial charge in [0.25, 0.3) is 0 Å². The quantitative estimate of drug-likeness (QED) is 0.807. The molecule has 0 aliphatic heterocycles. The summed E-state index contributed by atoms with van der Waals surface area (Å²) in [5.41, 5.74) is 5.50. The molecule has 3 nitrogen and oxygen atoms in total. The maximum Gasteiger partial charge on any atom is 0.141 e. The van der Waals surface area contributed by atoms with E-state index in [1.807, 2.05) is 10.8 Å². The van der Waals surface area contributed by atoms with Crippen molar-refractivity contribution in [3.63, 3.8) is 0 Å². The zero-order chi connectivity index (χ0) is 9.10. The summed E-state index contributed by atoms with van der Waals surface area (Å²) < 4.78 is 2.01. The molecule has 68 valence electrons. The molecule has 0 fully saturated rings. The largest absolute Gasteiger partial charge is 0.382 e. The number of thiophene rings is 1. The van der Waals surface area contributed by atoms with Crippen molar-refractivity contribution >= 4 is 17.2 Å². The van der Waals surface area contributed by atoms with Crippen molar-refractivity contribution < 1.29 is 0 Å². The van der Waals surface area contributed by atoms with Gasteiger partial charge in [0, 0.05) is 17.6 Å². The van der Waals surface area contributed by atoms with Crippen LogP contribution in [0.3, 0.4) is 0 Å². The molecule has 0 atom stereocenters. The van der Waals surface area contributed by atoms with Crippen LogP contribution >= 0.6 is 11.3 Å². The first kappa shape index (κ1) is 8.31. The Hall–Kier alpha value is -1.29. The van der Waals surface area contributed by atoms with Gasteiger partial charge in [0.1, 0.15) is 5.82 Å². The van der Waals surface area contributed by atoms with Crippen molar-refractivity contribution in [2.75, 3.05) is 5.73 Å². The third-order valence-electron chi connectivity index (χ3n) is 1.85. The van der Waals surface area contributed by atoms with Gasteiger partial charge in [-0.1, -0.05) is 6.07 Å². The molecule has 2 N–H and O–H groups in total. The van der Waals surface area contributed by atoms with E-state index in [4.69, 9.17) is 5.73 Å². The molecule has 2 heterocycles. The maximum absolute atomic E-state index is 5.50. The highest BCUT2D eigenvalue weighted by atomic mass is 32.1. The summed E-state index contributed by atoms with van der Waals surface area (Å²) in [5.74, 6) is 0.589. The Morgan fingerprint density at radius 3 is 3.08 bits per heavy atom. The molecule has 2 rings (SSSR count). The highest BCUT2D eigenvalue weighted by molar-refractivity contribution is 7.09. The number of aryl methyl sites for hydroxylation is 2. The molecule has 2 aromatic rings. The molecule has 0 saturated heterocycles. The number of rotatable bonds is 3. The third-order valence-corrected chi connectivity index (χ3v) is 2.79. The fourth-order valence-corrected chi connectivity index (χ4v) is 1.89. The van der Waals surface area contributed by atoms with E-state index in [0.717, 1.165) is 13.0 Å². The highest BCUT2D eigenvalue weighted by Gasteiger charge is 1.96. The van der Waals surface area contributed by atoms with Gasteiger partial charge < -0.3 is 10.3 Å². The molecule has 13 heavy (non-hydrogen) atoms. The van der Waals surface area contributed by atoms with E-state index in [1.165, 1.54) is 4.88 Å². The highest BCUT2D eigenvalue weighted by Crippen LogP contribution is 2.10. The van der Waals surface area contributed by atoms with Crippen molar-refractivity contribution in [1.29, 1.82) is 0 Å². The van der Waals surface area contributed by atoms with Gasteiger partial charge in [0.15, 0.2) is 0 Å². The van der Waals surface area contributed by atoms with Crippen LogP contribution in [0.4, 0.5) is 5.82 Å². The summed E-state index contributed by atoms with van der Waals surface area (Å²) in [7, 11) is 0. The molecule has 0 unspecified atom stereocenters. The topological polar surface area (TPSA) is 43.8 Å². The lowest BCUT2D eigenvalue weighted by Gasteiger charge is -1.98. The predicted octanol–water partition coefficient (Wildman–Crippen LogP) is 1.77. The molecule has 0 bridgehead atoms. The summed E-state index contributed by atoms with van der Waals surface area (Å²) in [6, 6.07) is 4.22. The first-order valence-electron chi connectivity index (χ1n) is 4.14. The predicted molar refractivity (Wildman–Crippen MR) is 54.7 cm³/mol. The Bertz CT molecular complexity index is 364. The molecular formula is C9H11N3S. The Morgan fingerprint density at radius 1 is 1.54 bits per heavy atom. The number of nitrogens with zero attached hydrogens (tertiary/aromatic N) is 2. The number of nitrogen functional groups attached to an aromatic ring is 1. The van der Waals surface area contributed by atoms with Crippen LogP contribution in [0.5, 0.6) is 0 Å². The minimum atomic E-state index is 0.589. The van der Waals surface area contributed by atoms with Crippen LogP contribution in [0.25, 0.3) is 0 Å². The van der Waals surface area contributed by atoms with Gasteiger partial charge >= 0.3 is 0 Å². The van der Waals surface area contributed by atoms with E-state index in [0.29, 0.717) is 5.82 Å². The zero-order valence-corrected chi connectivity index (χ0v) is 8.00. The monoisotopic (exact) mass is 193 g/mol. The average molecular weight is 193 g/mol. The Balaban J connectivity index is 1.93. The van der Waals surface area contributed by atoms with Crippen LogP contribution in [0.2, 0.25) is 0 Å². The van der Waals surface area contributed by atoms with Gasteiger partial charge in [-0.3, -0.25) is 0 Å². The van der Waals surface area contributed by atoms with E-state index in [-0.39, 0.29) is 0 Å². The van der Waals surface area contributed by atoms with Crippen molar-refractivity contribution in [3.8, 4) is 0 Å². The van der Waals surface area contributed by atoms with Crippen molar-refractivity contribution in [2.45, 2.75) is 13.0 Å². The van der Waals surface area contributed by atoms with Crippen LogP contribution in [-0.2, 0) is 13.0 Å². The Labute approximate surface area is 80.8 Å². The standard InChI is InChI=1S/C9H11N3S/c10-9-6-12(7-11-9)4-3-8-2-1-5-13-8/h1-2,5-7H,3-4,10H2. The molecule has 0 aliphatic carbocycles. The van der Waals surface area contributed by atoms with Gasteiger partial charge in [-0.2, -0.15) is 0 Å². The molecule has 0 aliphatic rings. The van der Waals surface area contributed by atoms with Gasteiger partial charge in [0.2, 0.25) is 0 Å². The van der Waals surface area contributed by atoms with E-state index >= 15 is 0 Å². The summed E-state index contributed by atoms with van der Waals surface area (Å²) in [6.07, 6.45) is 4.67. The van der Waals surface area contributed by atoms with Crippen LogP contribution in [0.1, 0.15) is 4.88 Å². The molecule has 0 saturated carbocycles. The first-order chi connectivity index (χ1) is 6.34. The van der Waals surface area contributed by atoms with E-state index in [1.54, 1.807) is 17.7 Å². The van der Waals surface area contributed by atoms with Gasteiger partial charge in [-0.15, -0.1) is 11.3 Å². The van der Waals surface area contributed by atoms with Gasteiger partial charge in [-0.25, -0.2) is 4.98 Å². The second kappa shape index (κ2) is 3.62. The second-order valence-corrected chi connectivity index (χ2v) is 3.90. The fourth-order valence-electron chi connectivity index (χ4n) is 1.19. The minimum absolute atomic E-state index is 0.589. The molecule has 0 amide bonds. The summed E-state index contributed by atoms with van der Waals surface area (Å²) in [6.45, 7) is 0.949. The molecular weight excluding hydrogens is 182 g/mol. The number of imidazole rings is 1. The van der Waals surface area contributed by atoms with Crippen LogP contribution in [0, 0.1) is 0 Å². The number of anilines is 1. The van der Waals surface area contributed by atoms with Gasteiger partial charge in [0.05, 0.1) is 6.33 Å². The lowest BCUT2D eigenvalue weighted by Crippen LogP contribution is -1.96.